The molecule has 1 aliphatic carbocycles. The third-order valence-electron chi connectivity index (χ3n) is 15.3. The molecule has 0 fully saturated rings. The molecule has 0 bridgehead atoms. The molecule has 0 radical (unpaired) electrons. The first-order valence-electron chi connectivity index (χ1n) is 24.7. The van der Waals surface area contributed by atoms with E-state index in [4.69, 9.17) is 4.42 Å². The molecule has 0 aliphatic heterocycles. The Morgan fingerprint density at radius 3 is 1.56 bits per heavy atom. The van der Waals surface area contributed by atoms with Crippen molar-refractivity contribution in [3.05, 3.63) is 283 Å². The molecule has 2 aromatic heterocycles. The summed E-state index contributed by atoms with van der Waals surface area (Å²) < 4.78 is 9.39. The standard InChI is InChI=1S/C69H43NOS/c1-3-18-48(19-4-1)69(49-20-5-2-6-21-49)62-30-12-11-24-56(62)57-27-13-25-52(64(57)69)46-32-38-50(39-33-46)70(63-31-15-29-60-61-43-37-45-17-8-10-23-55(45)67(61)72-68(60)63)51-40-34-47(35-41-51)54-26-14-28-58-59-42-36-44-16-7-9-22-53(44)66(59)71-65(54)58/h1-43H. The van der Waals surface area contributed by atoms with Gasteiger partial charge in [-0.05, 0) is 103 Å². The summed E-state index contributed by atoms with van der Waals surface area (Å²) in [6, 6.07) is 95.9. The van der Waals surface area contributed by atoms with Crippen molar-refractivity contribution in [2.75, 3.05) is 4.90 Å². The Labute approximate surface area is 420 Å². The maximum absolute atomic E-state index is 6.82. The van der Waals surface area contributed by atoms with E-state index in [-0.39, 0.29) is 0 Å². The molecule has 0 N–H and O–H groups in total. The van der Waals surface area contributed by atoms with E-state index in [1.54, 1.807) is 0 Å². The molecule has 1 aliphatic rings. The van der Waals surface area contributed by atoms with Crippen LogP contribution in [-0.2, 0) is 5.41 Å². The first kappa shape index (κ1) is 40.8. The number of fused-ring (bicyclic) bond motifs is 13. The van der Waals surface area contributed by atoms with Crippen LogP contribution in [0, 0.1) is 0 Å². The van der Waals surface area contributed by atoms with Crippen LogP contribution in [0.2, 0.25) is 0 Å². The van der Waals surface area contributed by atoms with Gasteiger partial charge in [0.25, 0.3) is 0 Å². The average Bonchev–Trinajstić information content (AvgIpc) is 4.14. The van der Waals surface area contributed by atoms with Crippen molar-refractivity contribution in [2.24, 2.45) is 0 Å². The zero-order chi connectivity index (χ0) is 47.3. The molecule has 0 saturated heterocycles. The van der Waals surface area contributed by atoms with E-state index in [1.165, 1.54) is 80.8 Å². The monoisotopic (exact) mass is 933 g/mol. The number of thiophene rings is 1. The maximum Gasteiger partial charge on any atom is 0.143 e. The fraction of sp³-hybridized carbons (Fsp3) is 0.0145. The Hall–Kier alpha value is -9.02. The molecule has 0 unspecified atom stereocenters. The van der Waals surface area contributed by atoms with Gasteiger partial charge < -0.3 is 9.32 Å². The molecule has 15 rings (SSSR count). The van der Waals surface area contributed by atoms with Crippen molar-refractivity contribution in [3.63, 3.8) is 0 Å². The van der Waals surface area contributed by atoms with E-state index >= 15 is 0 Å². The average molecular weight is 934 g/mol. The number of hydrogen-bond acceptors (Lipinski definition) is 3. The second-order valence-electron chi connectivity index (χ2n) is 19.1. The number of anilines is 3. The Morgan fingerprint density at radius 1 is 0.319 bits per heavy atom. The third-order valence-corrected chi connectivity index (χ3v) is 16.6. The van der Waals surface area contributed by atoms with Gasteiger partial charge in [0, 0.05) is 48.6 Å². The van der Waals surface area contributed by atoms with Crippen molar-refractivity contribution in [1.29, 1.82) is 0 Å². The molecular weight excluding hydrogens is 891 g/mol. The number of rotatable bonds is 7. The summed E-state index contributed by atoms with van der Waals surface area (Å²) in [5.74, 6) is 0. The number of furan rings is 1. The maximum atomic E-state index is 6.82. The predicted molar refractivity (Wildman–Crippen MR) is 304 cm³/mol. The SMILES string of the molecule is c1ccc(C2(c3ccccc3)c3ccccc3-c3cccc(-c4ccc(N(c5ccc(-c6cccc7c6oc6c8ccccc8ccc76)cc5)c5cccc6c5sc5c7ccccc7ccc65)cc4)c32)cc1. The van der Waals surface area contributed by atoms with Crippen LogP contribution in [0.5, 0.6) is 0 Å². The summed E-state index contributed by atoms with van der Waals surface area (Å²) in [7, 11) is 0. The summed E-state index contributed by atoms with van der Waals surface area (Å²) in [4.78, 5) is 2.45. The molecule has 336 valence electrons. The second-order valence-corrected chi connectivity index (χ2v) is 20.1. The lowest BCUT2D eigenvalue weighted by atomic mass is 9.66. The Morgan fingerprint density at radius 2 is 0.819 bits per heavy atom. The molecule has 72 heavy (non-hydrogen) atoms. The lowest BCUT2D eigenvalue weighted by Gasteiger charge is -2.35. The summed E-state index contributed by atoms with van der Waals surface area (Å²) in [5.41, 5.74) is 16.9. The molecule has 12 aromatic carbocycles. The normalized spacial score (nSPS) is 12.8. The van der Waals surface area contributed by atoms with Gasteiger partial charge >= 0.3 is 0 Å². The first-order chi connectivity index (χ1) is 35.7. The van der Waals surface area contributed by atoms with Crippen LogP contribution < -0.4 is 4.90 Å². The molecule has 0 saturated carbocycles. The smallest absolute Gasteiger partial charge is 0.143 e. The second kappa shape index (κ2) is 16.0. The Kier molecular flexibility index (Phi) is 9.08. The van der Waals surface area contributed by atoms with Gasteiger partial charge in [0.05, 0.1) is 15.8 Å². The fourth-order valence-corrected chi connectivity index (χ4v) is 13.5. The topological polar surface area (TPSA) is 16.4 Å². The van der Waals surface area contributed by atoms with Gasteiger partial charge in [-0.25, -0.2) is 0 Å². The van der Waals surface area contributed by atoms with Gasteiger partial charge in [-0.2, -0.15) is 0 Å². The lowest BCUT2D eigenvalue weighted by Crippen LogP contribution is -2.29. The van der Waals surface area contributed by atoms with Crippen molar-refractivity contribution < 1.29 is 4.42 Å². The van der Waals surface area contributed by atoms with E-state index in [1.807, 2.05) is 11.3 Å². The highest BCUT2D eigenvalue weighted by atomic mass is 32.1. The van der Waals surface area contributed by atoms with E-state index in [0.29, 0.717) is 0 Å². The molecule has 0 amide bonds. The van der Waals surface area contributed by atoms with Crippen molar-refractivity contribution in [2.45, 2.75) is 5.41 Å². The molecule has 2 heterocycles. The highest BCUT2D eigenvalue weighted by Gasteiger charge is 2.47. The molecule has 14 aromatic rings. The van der Waals surface area contributed by atoms with Crippen LogP contribution in [0.4, 0.5) is 17.1 Å². The quantitative estimate of drug-likeness (QED) is 0.158. The molecule has 0 spiro atoms. The number of benzene rings is 12. The van der Waals surface area contributed by atoms with E-state index in [2.05, 4.69) is 266 Å². The van der Waals surface area contributed by atoms with Crippen molar-refractivity contribution in [3.8, 4) is 33.4 Å². The minimum absolute atomic E-state index is 0.515. The fourth-order valence-electron chi connectivity index (χ4n) is 12.2. The van der Waals surface area contributed by atoms with Gasteiger partial charge in [-0.15, -0.1) is 11.3 Å². The van der Waals surface area contributed by atoms with Crippen molar-refractivity contribution in [1.82, 2.24) is 0 Å². The van der Waals surface area contributed by atoms with E-state index in [0.717, 1.165) is 55.5 Å². The van der Waals surface area contributed by atoms with E-state index < -0.39 is 5.41 Å². The minimum Gasteiger partial charge on any atom is -0.455 e. The van der Waals surface area contributed by atoms with Crippen molar-refractivity contribution >= 4 is 92.1 Å². The predicted octanol–water partition coefficient (Wildman–Crippen LogP) is 19.4. The van der Waals surface area contributed by atoms with Crippen LogP contribution in [0.1, 0.15) is 22.3 Å². The van der Waals surface area contributed by atoms with Crippen LogP contribution in [-0.4, -0.2) is 0 Å². The number of nitrogens with zero attached hydrogens (tertiary/aromatic N) is 1. The molecule has 2 nitrogen and oxygen atoms in total. The Bertz CT molecular complexity index is 4390. The van der Waals surface area contributed by atoms with Gasteiger partial charge in [0.2, 0.25) is 0 Å². The third kappa shape index (κ3) is 5.95. The van der Waals surface area contributed by atoms with Crippen LogP contribution in [0.25, 0.3) is 97.0 Å². The summed E-state index contributed by atoms with van der Waals surface area (Å²) in [6.07, 6.45) is 0. The van der Waals surface area contributed by atoms with Gasteiger partial charge in [-0.1, -0.05) is 224 Å². The highest BCUT2D eigenvalue weighted by Crippen LogP contribution is 2.59. The first-order valence-corrected chi connectivity index (χ1v) is 25.6. The van der Waals surface area contributed by atoms with Gasteiger partial charge in [0.1, 0.15) is 11.2 Å². The van der Waals surface area contributed by atoms with Gasteiger partial charge in [0.15, 0.2) is 0 Å². The number of para-hydroxylation sites is 1. The zero-order valence-electron chi connectivity index (χ0n) is 39.1. The Balaban J connectivity index is 0.907. The lowest BCUT2D eigenvalue weighted by molar-refractivity contribution is 0.674. The van der Waals surface area contributed by atoms with E-state index in [9.17, 15) is 0 Å². The van der Waals surface area contributed by atoms with Crippen LogP contribution in [0.15, 0.2) is 265 Å². The summed E-state index contributed by atoms with van der Waals surface area (Å²) in [5, 5.41) is 9.66. The molecular formula is C69H43NOS. The highest BCUT2D eigenvalue weighted by molar-refractivity contribution is 7.27. The van der Waals surface area contributed by atoms with Gasteiger partial charge in [-0.3, -0.25) is 0 Å². The molecule has 0 atom stereocenters. The zero-order valence-corrected chi connectivity index (χ0v) is 39.9. The summed E-state index contributed by atoms with van der Waals surface area (Å²) in [6.45, 7) is 0. The largest absolute Gasteiger partial charge is 0.455 e. The summed E-state index contributed by atoms with van der Waals surface area (Å²) >= 11 is 1.89. The minimum atomic E-state index is -0.515. The van der Waals surface area contributed by atoms with Crippen LogP contribution >= 0.6 is 11.3 Å². The van der Waals surface area contributed by atoms with Crippen LogP contribution in [0.3, 0.4) is 0 Å². The number of hydrogen-bond donors (Lipinski definition) is 0. The molecule has 3 heteroatoms.